The summed E-state index contributed by atoms with van der Waals surface area (Å²) < 4.78 is 27.2. The summed E-state index contributed by atoms with van der Waals surface area (Å²) in [5.41, 5.74) is 6.03. The zero-order valence-corrected chi connectivity index (χ0v) is 21.7. The maximum absolute atomic E-state index is 13.1. The SMILES string of the molecule is N=C(N)NC(=O)CCC(=O)Nc1ccc(C[C@H](NC(=O)[C@@H]2CCCN2S(=O)(=O)c2ccccc2)C(=O)O)cc1. The Hall–Kier alpha value is -4.30. The molecule has 1 heterocycles. The van der Waals surface area contributed by atoms with E-state index < -0.39 is 51.8 Å². The molecular weight excluding hydrogens is 528 g/mol. The van der Waals surface area contributed by atoms with E-state index in [9.17, 15) is 32.7 Å². The van der Waals surface area contributed by atoms with Gasteiger partial charge in [-0.3, -0.25) is 25.1 Å². The second kappa shape index (κ2) is 13.0. The summed E-state index contributed by atoms with van der Waals surface area (Å²) >= 11 is 0. The van der Waals surface area contributed by atoms with Gasteiger partial charge < -0.3 is 21.5 Å². The van der Waals surface area contributed by atoms with E-state index in [1.807, 2.05) is 0 Å². The van der Waals surface area contributed by atoms with Crippen molar-refractivity contribution in [1.29, 1.82) is 5.41 Å². The van der Waals surface area contributed by atoms with Crippen LogP contribution >= 0.6 is 0 Å². The zero-order valence-electron chi connectivity index (χ0n) is 20.9. The van der Waals surface area contributed by atoms with Crippen molar-refractivity contribution in [2.24, 2.45) is 5.73 Å². The number of aliphatic carboxylic acids is 1. The van der Waals surface area contributed by atoms with Gasteiger partial charge in [-0.05, 0) is 42.7 Å². The summed E-state index contributed by atoms with van der Waals surface area (Å²) in [6, 6.07) is 11.7. The smallest absolute Gasteiger partial charge is 0.326 e. The van der Waals surface area contributed by atoms with E-state index in [1.54, 1.807) is 42.5 Å². The Labute approximate surface area is 225 Å². The van der Waals surface area contributed by atoms with Gasteiger partial charge in [-0.1, -0.05) is 30.3 Å². The Bertz CT molecular complexity index is 1330. The van der Waals surface area contributed by atoms with Crippen molar-refractivity contribution in [3.05, 3.63) is 60.2 Å². The van der Waals surface area contributed by atoms with E-state index in [2.05, 4.69) is 16.0 Å². The summed E-state index contributed by atoms with van der Waals surface area (Å²) in [6.45, 7) is 0.154. The summed E-state index contributed by atoms with van der Waals surface area (Å²) in [7, 11) is -3.92. The molecule has 0 bridgehead atoms. The number of carbonyl (C=O) groups excluding carboxylic acids is 3. The van der Waals surface area contributed by atoms with Crippen molar-refractivity contribution < 1.29 is 32.7 Å². The molecule has 3 amide bonds. The molecule has 7 N–H and O–H groups in total. The number of carboxylic acids is 1. The van der Waals surface area contributed by atoms with Gasteiger partial charge in [-0.25, -0.2) is 13.2 Å². The topological polar surface area (TPSA) is 212 Å². The number of guanidine groups is 1. The van der Waals surface area contributed by atoms with Gasteiger partial charge in [-0.15, -0.1) is 0 Å². The molecule has 0 aromatic heterocycles. The molecule has 14 heteroatoms. The second-order valence-corrected chi connectivity index (χ2v) is 10.8. The Morgan fingerprint density at radius 2 is 1.67 bits per heavy atom. The number of carbonyl (C=O) groups is 4. The molecule has 2 aromatic rings. The predicted molar refractivity (Wildman–Crippen MR) is 141 cm³/mol. The fourth-order valence-corrected chi connectivity index (χ4v) is 5.79. The minimum atomic E-state index is -3.92. The standard InChI is InChI=1S/C25H30N6O7S/c26-25(27)30-22(33)13-12-21(32)28-17-10-8-16(9-11-17)15-19(24(35)36)29-23(34)20-7-4-14-31(20)39(37,38)18-5-2-1-3-6-18/h1-3,5-6,8-11,19-20H,4,7,12-15H2,(H,28,32)(H,29,34)(H,35,36)(H4,26,27,30,33)/t19-,20-/m0/s1. The van der Waals surface area contributed by atoms with Gasteiger partial charge in [-0.2, -0.15) is 4.31 Å². The van der Waals surface area contributed by atoms with Crippen molar-refractivity contribution in [2.45, 2.75) is 49.1 Å². The van der Waals surface area contributed by atoms with Crippen molar-refractivity contribution in [3.63, 3.8) is 0 Å². The Balaban J connectivity index is 1.59. The number of rotatable bonds is 11. The summed E-state index contributed by atoms with van der Waals surface area (Å²) in [4.78, 5) is 48.5. The lowest BCUT2D eigenvalue weighted by atomic mass is 10.0. The Kier molecular flexibility index (Phi) is 9.73. The number of nitrogens with two attached hydrogens (primary N) is 1. The van der Waals surface area contributed by atoms with E-state index in [0.717, 1.165) is 4.31 Å². The highest BCUT2D eigenvalue weighted by Crippen LogP contribution is 2.26. The number of nitrogens with zero attached hydrogens (tertiary/aromatic N) is 1. The molecule has 2 atom stereocenters. The molecular formula is C25H30N6O7S. The monoisotopic (exact) mass is 558 g/mol. The van der Waals surface area contributed by atoms with Crippen LogP contribution in [-0.4, -0.2) is 66.1 Å². The van der Waals surface area contributed by atoms with Crippen LogP contribution < -0.4 is 21.7 Å². The van der Waals surface area contributed by atoms with Gasteiger partial charge >= 0.3 is 5.97 Å². The van der Waals surface area contributed by atoms with E-state index in [1.165, 1.54) is 12.1 Å². The number of benzene rings is 2. The lowest BCUT2D eigenvalue weighted by Crippen LogP contribution is -2.51. The molecule has 0 radical (unpaired) electrons. The van der Waals surface area contributed by atoms with Crippen LogP contribution in [0.2, 0.25) is 0 Å². The van der Waals surface area contributed by atoms with E-state index in [0.29, 0.717) is 17.7 Å². The van der Waals surface area contributed by atoms with Crippen LogP contribution in [0.25, 0.3) is 0 Å². The van der Waals surface area contributed by atoms with Gasteiger partial charge in [0, 0.05) is 31.5 Å². The molecule has 39 heavy (non-hydrogen) atoms. The van der Waals surface area contributed by atoms with Crippen LogP contribution in [0.3, 0.4) is 0 Å². The summed E-state index contributed by atoms with van der Waals surface area (Å²) in [6.07, 6.45) is 0.380. The molecule has 208 valence electrons. The van der Waals surface area contributed by atoms with Gasteiger partial charge in [0.1, 0.15) is 12.1 Å². The first-order chi connectivity index (χ1) is 18.5. The van der Waals surface area contributed by atoms with Gasteiger partial charge in [0.05, 0.1) is 4.90 Å². The average molecular weight is 559 g/mol. The molecule has 0 spiro atoms. The number of hydrogen-bond acceptors (Lipinski definition) is 7. The molecule has 0 saturated carbocycles. The van der Waals surface area contributed by atoms with Crippen molar-refractivity contribution >= 4 is 45.4 Å². The van der Waals surface area contributed by atoms with E-state index in [4.69, 9.17) is 11.1 Å². The normalized spacial score (nSPS) is 16.2. The van der Waals surface area contributed by atoms with E-state index in [-0.39, 0.29) is 37.1 Å². The van der Waals surface area contributed by atoms with Crippen molar-refractivity contribution in [1.82, 2.24) is 14.9 Å². The minimum absolute atomic E-state index is 0.0611. The van der Waals surface area contributed by atoms with Gasteiger partial charge in [0.2, 0.25) is 27.7 Å². The highest BCUT2D eigenvalue weighted by atomic mass is 32.2. The average Bonchev–Trinajstić information content (AvgIpc) is 3.39. The summed E-state index contributed by atoms with van der Waals surface area (Å²) in [5, 5.41) is 23.8. The maximum Gasteiger partial charge on any atom is 0.326 e. The van der Waals surface area contributed by atoms with Gasteiger partial charge in [0.15, 0.2) is 5.96 Å². The van der Waals surface area contributed by atoms with E-state index >= 15 is 0 Å². The first kappa shape index (κ1) is 29.3. The zero-order chi connectivity index (χ0) is 28.6. The third-order valence-electron chi connectivity index (χ3n) is 6.00. The summed E-state index contributed by atoms with van der Waals surface area (Å²) in [5.74, 6) is -3.47. The van der Waals surface area contributed by atoms with Gasteiger partial charge in [0.25, 0.3) is 0 Å². The molecule has 0 unspecified atom stereocenters. The predicted octanol–water partition coefficient (Wildman–Crippen LogP) is 0.380. The van der Waals surface area contributed by atoms with Crippen LogP contribution in [0.4, 0.5) is 5.69 Å². The molecule has 13 nitrogen and oxygen atoms in total. The third-order valence-corrected chi connectivity index (χ3v) is 7.92. The number of sulfonamides is 1. The quantitative estimate of drug-likeness (QED) is 0.167. The molecule has 2 aromatic carbocycles. The first-order valence-corrected chi connectivity index (χ1v) is 13.5. The largest absolute Gasteiger partial charge is 0.480 e. The lowest BCUT2D eigenvalue weighted by Gasteiger charge is -2.25. The number of anilines is 1. The van der Waals surface area contributed by atoms with Crippen LogP contribution in [0.5, 0.6) is 0 Å². The fourth-order valence-electron chi connectivity index (χ4n) is 4.11. The van der Waals surface area contributed by atoms with Crippen LogP contribution in [0.1, 0.15) is 31.2 Å². The number of hydrogen-bond donors (Lipinski definition) is 6. The molecule has 1 saturated heterocycles. The number of amides is 3. The molecule has 1 aliphatic heterocycles. The molecule has 1 fully saturated rings. The highest BCUT2D eigenvalue weighted by molar-refractivity contribution is 7.89. The van der Waals surface area contributed by atoms with Crippen LogP contribution in [-0.2, 0) is 35.6 Å². The maximum atomic E-state index is 13.1. The first-order valence-electron chi connectivity index (χ1n) is 12.1. The lowest BCUT2D eigenvalue weighted by molar-refractivity contribution is -0.142. The number of carboxylic acid groups (broad SMARTS) is 1. The third kappa shape index (κ3) is 8.09. The molecule has 1 aliphatic rings. The van der Waals surface area contributed by atoms with Crippen LogP contribution in [0.15, 0.2) is 59.5 Å². The minimum Gasteiger partial charge on any atom is -0.480 e. The van der Waals surface area contributed by atoms with Crippen molar-refractivity contribution in [2.75, 3.05) is 11.9 Å². The number of nitrogens with one attached hydrogen (secondary N) is 4. The van der Waals surface area contributed by atoms with Crippen molar-refractivity contribution in [3.8, 4) is 0 Å². The second-order valence-electron chi connectivity index (χ2n) is 8.90. The Morgan fingerprint density at radius 3 is 2.28 bits per heavy atom. The molecule has 0 aliphatic carbocycles. The highest BCUT2D eigenvalue weighted by Gasteiger charge is 2.40. The van der Waals surface area contributed by atoms with Crippen LogP contribution in [0, 0.1) is 5.41 Å². The Morgan fingerprint density at radius 1 is 1.03 bits per heavy atom. The molecule has 3 rings (SSSR count). The fraction of sp³-hybridized carbons (Fsp3) is 0.320.